The van der Waals surface area contributed by atoms with E-state index in [1.165, 1.54) is 16.7 Å². The van der Waals surface area contributed by atoms with Crippen LogP contribution in [-0.4, -0.2) is 20.1 Å². The van der Waals surface area contributed by atoms with Crippen molar-refractivity contribution in [2.45, 2.75) is 64.7 Å². The van der Waals surface area contributed by atoms with Crippen LogP contribution in [-0.2, 0) is 16.2 Å². The van der Waals surface area contributed by atoms with E-state index in [1.54, 1.807) is 11.3 Å². The number of rotatable bonds is 9. The Balaban J connectivity index is 1.27. The fourth-order valence-corrected chi connectivity index (χ4v) is 9.56. The first-order valence-electron chi connectivity index (χ1n) is 21.3. The van der Waals surface area contributed by atoms with Gasteiger partial charge in [0.05, 0.1) is 21.5 Å². The van der Waals surface area contributed by atoms with Gasteiger partial charge in [-0.15, -0.1) is 11.3 Å². The van der Waals surface area contributed by atoms with E-state index < -0.39 is 0 Å². The molecular weight excluding hydrogens is 775 g/mol. The lowest BCUT2D eigenvalue weighted by Gasteiger charge is -2.28. The normalized spacial score (nSPS) is 12.2. The Hall–Kier alpha value is -6.69. The van der Waals surface area contributed by atoms with Gasteiger partial charge in [-0.2, -0.15) is 0 Å². The zero-order valence-corrected chi connectivity index (χ0v) is 37.3. The highest BCUT2D eigenvalue weighted by Gasteiger charge is 2.28. The third-order valence-corrected chi connectivity index (χ3v) is 13.5. The Morgan fingerprint density at radius 1 is 0.468 bits per heavy atom. The van der Waals surface area contributed by atoms with Gasteiger partial charge in [0, 0.05) is 46.1 Å². The lowest BCUT2D eigenvalue weighted by Crippen LogP contribution is -2.19. The maximum atomic E-state index is 12.1. The molecule has 0 spiro atoms. The average Bonchev–Trinajstić information content (AvgIpc) is 3.73. The summed E-state index contributed by atoms with van der Waals surface area (Å²) in [5.41, 5.74) is 14.8. The van der Waals surface area contributed by atoms with Crippen LogP contribution in [0.2, 0.25) is 0 Å². The van der Waals surface area contributed by atoms with Crippen LogP contribution in [0.3, 0.4) is 0 Å². The summed E-state index contributed by atoms with van der Waals surface area (Å²) in [5.74, 6) is 0.275. The van der Waals surface area contributed by atoms with Gasteiger partial charge in [-0.1, -0.05) is 152 Å². The Kier molecular flexibility index (Phi) is 10.5. The second kappa shape index (κ2) is 16.0. The fourth-order valence-electron chi connectivity index (χ4n) is 8.51. The molecule has 3 heterocycles. The van der Waals surface area contributed by atoms with Gasteiger partial charge in [0.1, 0.15) is 10.8 Å². The lowest BCUT2D eigenvalue weighted by atomic mass is 9.76. The van der Waals surface area contributed by atoms with E-state index in [4.69, 9.17) is 9.97 Å². The highest BCUT2D eigenvalue weighted by molar-refractivity contribution is 7.21. The molecule has 0 atom stereocenters. The van der Waals surface area contributed by atoms with E-state index in [9.17, 15) is 5.11 Å². The number of pyridine rings is 2. The number of phenolic OH excluding ortho intramolecular Hbond substituents is 1. The number of nitrogens with zero attached hydrogens (tertiary/aromatic N) is 3. The Labute approximate surface area is 369 Å². The number of benzene rings is 6. The van der Waals surface area contributed by atoms with Gasteiger partial charge in [0.2, 0.25) is 0 Å². The molecule has 4 nitrogen and oxygen atoms in total. The number of hydrogen-bond donors (Lipinski definition) is 1. The zero-order chi connectivity index (χ0) is 43.2. The summed E-state index contributed by atoms with van der Waals surface area (Å²) in [6.07, 6.45) is 5.72. The molecule has 3 aromatic heterocycles. The first-order chi connectivity index (χ1) is 29.8. The van der Waals surface area contributed by atoms with Gasteiger partial charge < -0.3 is 5.11 Å². The number of thiazole rings is 1. The molecular formula is C57H51N3OS. The minimum atomic E-state index is -0.328. The molecule has 1 N–H and O–H groups in total. The van der Waals surface area contributed by atoms with Crippen molar-refractivity contribution >= 4 is 21.6 Å². The molecule has 0 aliphatic carbocycles. The van der Waals surface area contributed by atoms with E-state index in [2.05, 4.69) is 205 Å². The maximum Gasteiger partial charge on any atom is 0.129 e. The van der Waals surface area contributed by atoms with Crippen molar-refractivity contribution < 1.29 is 5.11 Å². The summed E-state index contributed by atoms with van der Waals surface area (Å²) in [7, 11) is 0. The lowest BCUT2D eigenvalue weighted by molar-refractivity contribution is 0.449. The smallest absolute Gasteiger partial charge is 0.129 e. The summed E-state index contributed by atoms with van der Waals surface area (Å²) in [4.78, 5) is 14.9. The van der Waals surface area contributed by atoms with E-state index in [-0.39, 0.29) is 22.0 Å². The quantitative estimate of drug-likeness (QED) is 0.157. The van der Waals surface area contributed by atoms with Gasteiger partial charge in [0.25, 0.3) is 0 Å². The minimum absolute atomic E-state index is 0.245. The highest BCUT2D eigenvalue weighted by atomic mass is 32.1. The molecule has 0 saturated heterocycles. The Bertz CT molecular complexity index is 3020. The summed E-state index contributed by atoms with van der Waals surface area (Å²) >= 11 is 1.63. The van der Waals surface area contributed by atoms with Crippen molar-refractivity contribution in [1.82, 2.24) is 15.0 Å². The van der Waals surface area contributed by atoms with E-state index in [0.29, 0.717) is 0 Å². The molecule has 62 heavy (non-hydrogen) atoms. The van der Waals surface area contributed by atoms with Gasteiger partial charge in [-0.25, -0.2) is 4.98 Å². The minimum Gasteiger partial charge on any atom is -0.507 e. The zero-order valence-electron chi connectivity index (χ0n) is 36.4. The molecule has 0 unspecified atom stereocenters. The third kappa shape index (κ3) is 7.74. The molecule has 9 aromatic rings. The molecule has 0 aliphatic rings. The van der Waals surface area contributed by atoms with Crippen LogP contribution >= 0.6 is 11.3 Å². The van der Waals surface area contributed by atoms with Crippen LogP contribution in [0.4, 0.5) is 0 Å². The number of phenols is 1. The highest BCUT2D eigenvalue weighted by Crippen LogP contribution is 2.47. The molecule has 306 valence electrons. The van der Waals surface area contributed by atoms with Gasteiger partial charge in [-0.05, 0) is 110 Å². The summed E-state index contributed by atoms with van der Waals surface area (Å²) in [6.45, 7) is 15.5. The predicted molar refractivity (Wildman–Crippen MR) is 260 cm³/mol. The topological polar surface area (TPSA) is 58.9 Å². The number of hydrogen-bond acceptors (Lipinski definition) is 5. The number of fused-ring (bicyclic) bond motifs is 1. The first kappa shape index (κ1) is 40.7. The molecule has 9 rings (SSSR count). The summed E-state index contributed by atoms with van der Waals surface area (Å²) in [6, 6.07) is 55.9. The fraction of sp³-hybridized carbons (Fsp3) is 0.175. The van der Waals surface area contributed by atoms with Crippen molar-refractivity contribution in [3.63, 3.8) is 0 Å². The molecule has 5 heteroatoms. The van der Waals surface area contributed by atoms with Crippen molar-refractivity contribution in [2.75, 3.05) is 0 Å². The Morgan fingerprint density at radius 3 is 1.65 bits per heavy atom. The van der Waals surface area contributed by atoms with E-state index >= 15 is 0 Å². The van der Waals surface area contributed by atoms with Crippen molar-refractivity contribution in [3.05, 3.63) is 204 Å². The van der Waals surface area contributed by atoms with Crippen LogP contribution in [0.15, 0.2) is 176 Å². The Morgan fingerprint density at radius 2 is 1.03 bits per heavy atom. The van der Waals surface area contributed by atoms with Gasteiger partial charge >= 0.3 is 0 Å². The van der Waals surface area contributed by atoms with Crippen LogP contribution in [0, 0.1) is 0 Å². The monoisotopic (exact) mass is 825 g/mol. The molecule has 0 amide bonds. The molecule has 0 aliphatic heterocycles. The maximum absolute atomic E-state index is 12.1. The van der Waals surface area contributed by atoms with Crippen molar-refractivity contribution in [1.29, 1.82) is 0 Å². The molecule has 0 saturated carbocycles. The molecule has 0 bridgehead atoms. The van der Waals surface area contributed by atoms with E-state index in [0.717, 1.165) is 76.6 Å². The van der Waals surface area contributed by atoms with Crippen molar-refractivity contribution in [3.8, 4) is 61.0 Å². The van der Waals surface area contributed by atoms with Gasteiger partial charge in [0.15, 0.2) is 0 Å². The van der Waals surface area contributed by atoms with Crippen LogP contribution < -0.4 is 0 Å². The van der Waals surface area contributed by atoms with Crippen LogP contribution in [0.5, 0.6) is 5.75 Å². The first-order valence-corrected chi connectivity index (χ1v) is 22.1. The number of aromatic hydroxyl groups is 1. The largest absolute Gasteiger partial charge is 0.507 e. The average molecular weight is 826 g/mol. The standard InChI is InChI=1S/C57H51N3OS/c1-55(2,3)49-34-39(37-17-11-8-12-18-37)33-48(53(49)61)54-60-52-47(32-40(35-51(52)62-54)38-19-13-9-14-20-38)41-29-42(31-46(30-41)57(6,7)43-21-15-10-16-22-43)50-24-23-45(36-59-50)56(4,5)44-25-27-58-28-26-44/h8-36,61H,1-7H3. The van der Waals surface area contributed by atoms with E-state index in [1.807, 2.05) is 24.7 Å². The summed E-state index contributed by atoms with van der Waals surface area (Å²) < 4.78 is 1.05. The second-order valence-electron chi connectivity index (χ2n) is 18.4. The molecule has 0 radical (unpaired) electrons. The predicted octanol–water partition coefficient (Wildman–Crippen LogP) is 15.1. The number of aromatic nitrogens is 3. The molecule has 0 fully saturated rings. The molecule has 6 aromatic carbocycles. The van der Waals surface area contributed by atoms with Crippen LogP contribution in [0.25, 0.3) is 65.4 Å². The second-order valence-corrected chi connectivity index (χ2v) is 19.4. The summed E-state index contributed by atoms with van der Waals surface area (Å²) in [5, 5.41) is 12.9. The van der Waals surface area contributed by atoms with Crippen LogP contribution in [0.1, 0.15) is 76.3 Å². The SMILES string of the molecule is CC(C)(C)c1cc(-c2ccccc2)cc(-c2nc3c(-c4cc(-c5ccc(C(C)(C)c6ccncc6)cn5)cc(C(C)(C)c5ccccc5)c4)cc(-c4ccccc4)cc3s2)c1O. The third-order valence-electron chi connectivity index (χ3n) is 12.5. The van der Waals surface area contributed by atoms with Crippen molar-refractivity contribution in [2.24, 2.45) is 0 Å². The van der Waals surface area contributed by atoms with Gasteiger partial charge in [-0.3, -0.25) is 9.97 Å².